The van der Waals surface area contributed by atoms with Crippen molar-refractivity contribution in [2.45, 2.75) is 34.2 Å². The van der Waals surface area contributed by atoms with Crippen LogP contribution in [0.3, 0.4) is 0 Å². The number of rotatable bonds is 1. The van der Waals surface area contributed by atoms with Crippen LogP contribution in [0.2, 0.25) is 0 Å². The molecule has 0 aliphatic rings. The molecule has 0 unspecified atom stereocenters. The Labute approximate surface area is 88.2 Å². The molecular weight excluding hydrogens is 190 g/mol. The first-order chi connectivity index (χ1) is 7.07. The molecule has 80 valence electrons. The van der Waals surface area contributed by atoms with Crippen LogP contribution in [0.1, 0.15) is 23.7 Å². The van der Waals surface area contributed by atoms with Gasteiger partial charge in [-0.3, -0.25) is 4.57 Å². The third-order valence-electron chi connectivity index (χ3n) is 3.08. The average molecular weight is 205 g/mol. The second-order valence-electron chi connectivity index (χ2n) is 3.81. The van der Waals surface area contributed by atoms with E-state index < -0.39 is 0 Å². The monoisotopic (exact) mass is 205 g/mol. The Bertz CT molecular complexity index is 578. The van der Waals surface area contributed by atoms with Crippen LogP contribution in [0.5, 0.6) is 0 Å². The van der Waals surface area contributed by atoms with Gasteiger partial charge in [0, 0.05) is 12.2 Å². The maximum Gasteiger partial charge on any atom is 0.335 e. The summed E-state index contributed by atoms with van der Waals surface area (Å²) in [6.45, 7) is 8.57. The van der Waals surface area contributed by atoms with Crippen LogP contribution in [-0.4, -0.2) is 14.0 Å². The van der Waals surface area contributed by atoms with Crippen molar-refractivity contribution in [1.82, 2.24) is 14.0 Å². The molecule has 4 heteroatoms. The minimum atomic E-state index is -0.00352. The lowest BCUT2D eigenvalue weighted by molar-refractivity contribution is 0.663. The zero-order valence-corrected chi connectivity index (χ0v) is 9.53. The van der Waals surface area contributed by atoms with Crippen LogP contribution < -0.4 is 5.69 Å². The summed E-state index contributed by atoms with van der Waals surface area (Å²) in [6, 6.07) is 0. The molecule has 0 aliphatic heterocycles. The standard InChI is InChI=1S/C11H15N3O/c1-5-13-6-12-10-8(3)7(2)9(4)14(10)11(13)15/h6H,5H2,1-4H3. The lowest BCUT2D eigenvalue weighted by Crippen LogP contribution is -2.27. The van der Waals surface area contributed by atoms with E-state index in [0.29, 0.717) is 6.54 Å². The lowest BCUT2D eigenvalue weighted by atomic mass is 10.2. The fraction of sp³-hybridized carbons (Fsp3) is 0.455. The molecule has 15 heavy (non-hydrogen) atoms. The summed E-state index contributed by atoms with van der Waals surface area (Å²) in [5.74, 6) is 0. The predicted molar refractivity (Wildman–Crippen MR) is 59.3 cm³/mol. The van der Waals surface area contributed by atoms with Gasteiger partial charge in [0.25, 0.3) is 0 Å². The minimum Gasteiger partial charge on any atom is -0.284 e. The highest BCUT2D eigenvalue weighted by Crippen LogP contribution is 2.17. The van der Waals surface area contributed by atoms with E-state index in [1.54, 1.807) is 15.3 Å². The molecule has 2 aromatic heterocycles. The molecule has 0 spiro atoms. The Morgan fingerprint density at radius 2 is 1.93 bits per heavy atom. The molecule has 0 N–H and O–H groups in total. The molecule has 0 radical (unpaired) electrons. The Morgan fingerprint density at radius 3 is 2.53 bits per heavy atom. The molecule has 2 aromatic rings. The first kappa shape index (κ1) is 9.96. The maximum absolute atomic E-state index is 12.0. The number of hydrogen-bond donors (Lipinski definition) is 0. The van der Waals surface area contributed by atoms with Gasteiger partial charge < -0.3 is 0 Å². The summed E-state index contributed by atoms with van der Waals surface area (Å²) in [6.07, 6.45) is 1.61. The third-order valence-corrected chi connectivity index (χ3v) is 3.08. The fourth-order valence-electron chi connectivity index (χ4n) is 1.84. The van der Waals surface area contributed by atoms with Gasteiger partial charge in [-0.05, 0) is 38.8 Å². The van der Waals surface area contributed by atoms with Crippen LogP contribution in [0.25, 0.3) is 5.65 Å². The second kappa shape index (κ2) is 3.22. The van der Waals surface area contributed by atoms with Crippen LogP contribution in [0, 0.1) is 20.8 Å². The van der Waals surface area contributed by atoms with Gasteiger partial charge in [0.05, 0.1) is 0 Å². The van der Waals surface area contributed by atoms with Gasteiger partial charge in [-0.25, -0.2) is 14.2 Å². The van der Waals surface area contributed by atoms with Crippen molar-refractivity contribution < 1.29 is 0 Å². The van der Waals surface area contributed by atoms with Crippen LogP contribution in [0.4, 0.5) is 0 Å². The summed E-state index contributed by atoms with van der Waals surface area (Å²) in [5.41, 5.74) is 4.00. The molecular formula is C11H15N3O. The van der Waals surface area contributed by atoms with Crippen molar-refractivity contribution in [3.05, 3.63) is 33.6 Å². The van der Waals surface area contributed by atoms with Gasteiger partial charge >= 0.3 is 5.69 Å². The molecule has 0 aromatic carbocycles. The molecule has 0 saturated heterocycles. The van der Waals surface area contributed by atoms with E-state index in [9.17, 15) is 4.79 Å². The first-order valence-corrected chi connectivity index (χ1v) is 5.11. The lowest BCUT2D eigenvalue weighted by Gasteiger charge is -2.02. The summed E-state index contributed by atoms with van der Waals surface area (Å²) >= 11 is 0. The predicted octanol–water partition coefficient (Wildman–Crippen LogP) is 1.44. The summed E-state index contributed by atoms with van der Waals surface area (Å²) < 4.78 is 3.30. The van der Waals surface area contributed by atoms with E-state index in [1.807, 2.05) is 27.7 Å². The van der Waals surface area contributed by atoms with Gasteiger partial charge in [0.1, 0.15) is 12.0 Å². The van der Waals surface area contributed by atoms with E-state index >= 15 is 0 Å². The zero-order chi connectivity index (χ0) is 11.2. The summed E-state index contributed by atoms with van der Waals surface area (Å²) in [7, 11) is 0. The van der Waals surface area contributed by atoms with Crippen LogP contribution in [-0.2, 0) is 6.54 Å². The molecule has 2 rings (SSSR count). The van der Waals surface area contributed by atoms with Crippen molar-refractivity contribution in [1.29, 1.82) is 0 Å². The van der Waals surface area contributed by atoms with Crippen molar-refractivity contribution >= 4 is 5.65 Å². The molecule has 0 aliphatic carbocycles. The van der Waals surface area contributed by atoms with E-state index in [2.05, 4.69) is 4.98 Å². The molecule has 0 amide bonds. The van der Waals surface area contributed by atoms with Crippen molar-refractivity contribution in [3.8, 4) is 0 Å². The molecule has 0 bridgehead atoms. The summed E-state index contributed by atoms with van der Waals surface area (Å²) in [4.78, 5) is 16.4. The SMILES string of the molecule is CCn1cnc2c(C)c(C)c(C)n2c1=O. The summed E-state index contributed by atoms with van der Waals surface area (Å²) in [5, 5.41) is 0. The van der Waals surface area contributed by atoms with Crippen molar-refractivity contribution in [2.24, 2.45) is 0 Å². The molecule has 4 nitrogen and oxygen atoms in total. The highest BCUT2D eigenvalue weighted by Gasteiger charge is 2.12. The second-order valence-corrected chi connectivity index (χ2v) is 3.81. The largest absolute Gasteiger partial charge is 0.335 e. The highest BCUT2D eigenvalue weighted by atomic mass is 16.1. The number of aromatic nitrogens is 3. The maximum atomic E-state index is 12.0. The van der Waals surface area contributed by atoms with Crippen molar-refractivity contribution in [2.75, 3.05) is 0 Å². The Morgan fingerprint density at radius 1 is 1.27 bits per heavy atom. The normalized spacial score (nSPS) is 11.2. The number of aryl methyl sites for hydroxylation is 3. The Hall–Kier alpha value is -1.58. The van der Waals surface area contributed by atoms with Crippen LogP contribution in [0.15, 0.2) is 11.1 Å². The molecule has 2 heterocycles. The minimum absolute atomic E-state index is 0.00352. The van der Waals surface area contributed by atoms with Gasteiger partial charge in [0.2, 0.25) is 0 Å². The average Bonchev–Trinajstić information content (AvgIpc) is 2.45. The number of nitrogens with zero attached hydrogens (tertiary/aromatic N) is 3. The highest BCUT2D eigenvalue weighted by molar-refractivity contribution is 5.54. The molecule has 0 saturated carbocycles. The van der Waals surface area contributed by atoms with E-state index in [4.69, 9.17) is 0 Å². The number of fused-ring (bicyclic) bond motifs is 1. The Kier molecular flexibility index (Phi) is 2.14. The Balaban J connectivity index is 3.00. The molecule has 0 atom stereocenters. The first-order valence-electron chi connectivity index (χ1n) is 5.11. The smallest absolute Gasteiger partial charge is 0.284 e. The van der Waals surface area contributed by atoms with E-state index in [1.165, 1.54) is 0 Å². The van der Waals surface area contributed by atoms with Gasteiger partial charge in [-0.15, -0.1) is 0 Å². The zero-order valence-electron chi connectivity index (χ0n) is 9.53. The topological polar surface area (TPSA) is 39.3 Å². The van der Waals surface area contributed by atoms with Gasteiger partial charge in [-0.2, -0.15) is 0 Å². The van der Waals surface area contributed by atoms with E-state index in [0.717, 1.165) is 22.5 Å². The fourth-order valence-corrected chi connectivity index (χ4v) is 1.84. The van der Waals surface area contributed by atoms with Crippen molar-refractivity contribution in [3.63, 3.8) is 0 Å². The van der Waals surface area contributed by atoms with E-state index in [-0.39, 0.29) is 5.69 Å². The number of hydrogen-bond acceptors (Lipinski definition) is 2. The van der Waals surface area contributed by atoms with Gasteiger partial charge in [0.15, 0.2) is 0 Å². The third kappa shape index (κ3) is 1.21. The van der Waals surface area contributed by atoms with Gasteiger partial charge in [-0.1, -0.05) is 0 Å². The molecule has 0 fully saturated rings. The van der Waals surface area contributed by atoms with Crippen LogP contribution >= 0.6 is 0 Å². The quantitative estimate of drug-likeness (QED) is 0.706.